The summed E-state index contributed by atoms with van der Waals surface area (Å²) in [6, 6.07) is 9.72. The van der Waals surface area contributed by atoms with E-state index in [1.54, 1.807) is 18.6 Å². The first-order chi connectivity index (χ1) is 7.33. The second kappa shape index (κ2) is 4.32. The zero-order valence-electron chi connectivity index (χ0n) is 8.68. The minimum atomic E-state index is -0.583. The van der Waals surface area contributed by atoms with Gasteiger partial charge in [-0.2, -0.15) is 0 Å². The molecule has 15 heavy (non-hydrogen) atoms. The molecule has 0 fully saturated rings. The maximum absolute atomic E-state index is 10.1. The van der Waals surface area contributed by atoms with Crippen LogP contribution in [0.3, 0.4) is 0 Å². The third-order valence-corrected chi connectivity index (χ3v) is 2.59. The molecule has 2 nitrogen and oxygen atoms in total. The van der Waals surface area contributed by atoms with E-state index in [9.17, 15) is 5.11 Å². The average Bonchev–Trinajstić information content (AvgIpc) is 2.81. The molecule has 2 aromatic rings. The van der Waals surface area contributed by atoms with Crippen LogP contribution in [0.25, 0.3) is 0 Å². The lowest BCUT2D eigenvalue weighted by molar-refractivity contribution is 0.218. The second-order valence-electron chi connectivity index (χ2n) is 3.51. The van der Waals surface area contributed by atoms with Gasteiger partial charge in [0, 0.05) is 5.56 Å². The summed E-state index contributed by atoms with van der Waals surface area (Å²) in [7, 11) is 0. The molecule has 0 amide bonds. The molecule has 2 rings (SSSR count). The standard InChI is InChI=1S/C13H14O2/c1-2-10-5-3-4-6-12(10)13(14)11-7-8-15-9-11/h3-9,13-14H,2H2,1H3/t13-/m1/s1. The second-order valence-corrected chi connectivity index (χ2v) is 3.51. The van der Waals surface area contributed by atoms with Crippen molar-refractivity contribution in [3.8, 4) is 0 Å². The van der Waals surface area contributed by atoms with Crippen LogP contribution >= 0.6 is 0 Å². The monoisotopic (exact) mass is 202 g/mol. The summed E-state index contributed by atoms with van der Waals surface area (Å²) in [5, 5.41) is 10.1. The van der Waals surface area contributed by atoms with E-state index >= 15 is 0 Å². The summed E-state index contributed by atoms with van der Waals surface area (Å²) in [5.41, 5.74) is 2.93. The summed E-state index contributed by atoms with van der Waals surface area (Å²) < 4.78 is 4.97. The molecule has 0 saturated carbocycles. The summed E-state index contributed by atoms with van der Waals surface area (Å²) in [6.07, 6.45) is 3.50. The summed E-state index contributed by atoms with van der Waals surface area (Å²) >= 11 is 0. The van der Waals surface area contributed by atoms with E-state index in [0.29, 0.717) is 0 Å². The number of aliphatic hydroxyl groups excluding tert-OH is 1. The molecule has 0 aliphatic heterocycles. The van der Waals surface area contributed by atoms with Crippen molar-refractivity contribution >= 4 is 0 Å². The topological polar surface area (TPSA) is 33.4 Å². The molecule has 0 radical (unpaired) electrons. The molecule has 2 heteroatoms. The lowest BCUT2D eigenvalue weighted by Gasteiger charge is -2.12. The van der Waals surface area contributed by atoms with Crippen molar-refractivity contribution in [2.75, 3.05) is 0 Å². The third-order valence-electron chi connectivity index (χ3n) is 2.59. The Morgan fingerprint density at radius 3 is 2.73 bits per heavy atom. The molecule has 0 aliphatic rings. The van der Waals surface area contributed by atoms with Crippen molar-refractivity contribution in [3.05, 3.63) is 59.5 Å². The highest BCUT2D eigenvalue weighted by Crippen LogP contribution is 2.25. The van der Waals surface area contributed by atoms with Crippen LogP contribution in [0.15, 0.2) is 47.3 Å². The first kappa shape index (κ1) is 9.99. The van der Waals surface area contributed by atoms with Gasteiger partial charge in [0.2, 0.25) is 0 Å². The molecular weight excluding hydrogens is 188 g/mol. The number of rotatable bonds is 3. The zero-order valence-corrected chi connectivity index (χ0v) is 8.68. The van der Waals surface area contributed by atoms with Crippen molar-refractivity contribution in [2.24, 2.45) is 0 Å². The Morgan fingerprint density at radius 2 is 2.07 bits per heavy atom. The molecule has 0 saturated heterocycles. The number of hydrogen-bond donors (Lipinski definition) is 1. The fourth-order valence-electron chi connectivity index (χ4n) is 1.73. The molecule has 78 valence electrons. The lowest BCUT2D eigenvalue weighted by atomic mass is 9.97. The molecule has 0 aliphatic carbocycles. The summed E-state index contributed by atoms with van der Waals surface area (Å²) in [4.78, 5) is 0. The normalized spacial score (nSPS) is 12.7. The quantitative estimate of drug-likeness (QED) is 0.830. The van der Waals surface area contributed by atoms with Crippen LogP contribution in [-0.4, -0.2) is 5.11 Å². The van der Waals surface area contributed by atoms with Gasteiger partial charge in [-0.05, 0) is 23.6 Å². The Kier molecular flexibility index (Phi) is 2.88. The van der Waals surface area contributed by atoms with Gasteiger partial charge in [0.25, 0.3) is 0 Å². The van der Waals surface area contributed by atoms with Gasteiger partial charge in [-0.25, -0.2) is 0 Å². The number of furan rings is 1. The minimum Gasteiger partial charge on any atom is -0.472 e. The number of aryl methyl sites for hydroxylation is 1. The average molecular weight is 202 g/mol. The van der Waals surface area contributed by atoms with Crippen molar-refractivity contribution in [1.82, 2.24) is 0 Å². The first-order valence-electron chi connectivity index (χ1n) is 5.11. The van der Waals surface area contributed by atoms with Crippen LogP contribution in [0.2, 0.25) is 0 Å². The Balaban J connectivity index is 2.37. The highest BCUT2D eigenvalue weighted by molar-refractivity contribution is 5.34. The van der Waals surface area contributed by atoms with Gasteiger partial charge in [0.15, 0.2) is 0 Å². The fraction of sp³-hybridized carbons (Fsp3) is 0.231. The van der Waals surface area contributed by atoms with Crippen molar-refractivity contribution < 1.29 is 9.52 Å². The largest absolute Gasteiger partial charge is 0.472 e. The van der Waals surface area contributed by atoms with Gasteiger partial charge in [-0.1, -0.05) is 31.2 Å². The lowest BCUT2D eigenvalue weighted by Crippen LogP contribution is -2.01. The molecular formula is C13H14O2. The highest BCUT2D eigenvalue weighted by atomic mass is 16.3. The number of aliphatic hydroxyl groups is 1. The molecule has 1 heterocycles. The Hall–Kier alpha value is -1.54. The van der Waals surface area contributed by atoms with Crippen LogP contribution in [0.4, 0.5) is 0 Å². The van der Waals surface area contributed by atoms with Gasteiger partial charge in [-0.15, -0.1) is 0 Å². The van der Waals surface area contributed by atoms with E-state index in [1.807, 2.05) is 24.3 Å². The molecule has 1 atom stereocenters. The Morgan fingerprint density at radius 1 is 1.27 bits per heavy atom. The van der Waals surface area contributed by atoms with E-state index in [-0.39, 0.29) is 0 Å². The summed E-state index contributed by atoms with van der Waals surface area (Å²) in [5.74, 6) is 0. The van der Waals surface area contributed by atoms with E-state index in [2.05, 4.69) is 6.92 Å². The van der Waals surface area contributed by atoms with Crippen molar-refractivity contribution in [3.63, 3.8) is 0 Å². The number of benzene rings is 1. The van der Waals surface area contributed by atoms with Gasteiger partial charge in [0.05, 0.1) is 12.5 Å². The molecule has 0 bridgehead atoms. The number of hydrogen-bond acceptors (Lipinski definition) is 2. The van der Waals surface area contributed by atoms with Crippen LogP contribution in [0.1, 0.15) is 29.7 Å². The van der Waals surface area contributed by atoms with E-state index in [0.717, 1.165) is 17.5 Å². The zero-order chi connectivity index (χ0) is 10.7. The van der Waals surface area contributed by atoms with E-state index < -0.39 is 6.10 Å². The van der Waals surface area contributed by atoms with Crippen molar-refractivity contribution in [2.45, 2.75) is 19.4 Å². The van der Waals surface area contributed by atoms with Gasteiger partial charge in [-0.3, -0.25) is 0 Å². The van der Waals surface area contributed by atoms with Gasteiger partial charge >= 0.3 is 0 Å². The Labute approximate surface area is 89.2 Å². The van der Waals surface area contributed by atoms with E-state index in [1.165, 1.54) is 5.56 Å². The maximum Gasteiger partial charge on any atom is 0.107 e. The third kappa shape index (κ3) is 1.95. The van der Waals surface area contributed by atoms with E-state index in [4.69, 9.17) is 4.42 Å². The molecule has 1 aromatic carbocycles. The molecule has 0 unspecified atom stereocenters. The first-order valence-corrected chi connectivity index (χ1v) is 5.11. The smallest absolute Gasteiger partial charge is 0.107 e. The van der Waals surface area contributed by atoms with Crippen molar-refractivity contribution in [1.29, 1.82) is 0 Å². The predicted octanol–water partition coefficient (Wildman–Crippen LogP) is 2.92. The molecule has 1 aromatic heterocycles. The van der Waals surface area contributed by atoms with Gasteiger partial charge in [0.1, 0.15) is 6.10 Å². The highest BCUT2D eigenvalue weighted by Gasteiger charge is 2.13. The maximum atomic E-state index is 10.1. The predicted molar refractivity (Wildman–Crippen MR) is 58.6 cm³/mol. The minimum absolute atomic E-state index is 0.583. The molecule has 1 N–H and O–H groups in total. The summed E-state index contributed by atoms with van der Waals surface area (Å²) in [6.45, 7) is 2.08. The van der Waals surface area contributed by atoms with Crippen LogP contribution < -0.4 is 0 Å². The SMILES string of the molecule is CCc1ccccc1[C@H](O)c1ccoc1. The van der Waals surface area contributed by atoms with Crippen LogP contribution in [0, 0.1) is 0 Å². The fourth-order valence-corrected chi connectivity index (χ4v) is 1.73. The van der Waals surface area contributed by atoms with Crippen LogP contribution in [0.5, 0.6) is 0 Å². The Bertz CT molecular complexity index is 418. The van der Waals surface area contributed by atoms with Crippen LogP contribution in [-0.2, 0) is 6.42 Å². The molecule has 0 spiro atoms. The van der Waals surface area contributed by atoms with Gasteiger partial charge < -0.3 is 9.52 Å².